The summed E-state index contributed by atoms with van der Waals surface area (Å²) < 4.78 is 8.11. The molecule has 0 amide bonds. The Morgan fingerprint density at radius 2 is 2.11 bits per heavy atom. The van der Waals surface area contributed by atoms with Crippen molar-refractivity contribution in [2.75, 3.05) is 6.61 Å². The molecule has 0 aliphatic carbocycles. The van der Waals surface area contributed by atoms with Gasteiger partial charge in [0.1, 0.15) is 22.9 Å². The van der Waals surface area contributed by atoms with Gasteiger partial charge in [-0.1, -0.05) is 26.6 Å². The van der Waals surface area contributed by atoms with Gasteiger partial charge in [-0.15, -0.1) is 0 Å². The molecule has 0 N–H and O–H groups in total. The molecule has 0 atom stereocenters. The molecule has 0 aromatic carbocycles. The summed E-state index contributed by atoms with van der Waals surface area (Å²) >= 11 is 3.30. The van der Waals surface area contributed by atoms with Gasteiger partial charge in [-0.05, 0) is 22.0 Å². The van der Waals surface area contributed by atoms with Crippen LogP contribution in [0.3, 0.4) is 0 Å². The fourth-order valence-corrected chi connectivity index (χ4v) is 2.81. The van der Waals surface area contributed by atoms with Crippen LogP contribution in [0.1, 0.15) is 23.2 Å². The number of hydrogen-bond donors (Lipinski definition) is 0. The number of carbonyl (C=O) groups excluding carboxylic acids is 1. The number of carbonyl (C=O) groups is 1. The molecule has 0 spiro atoms. The lowest BCUT2D eigenvalue weighted by molar-refractivity contribution is 0.0817. The van der Waals surface area contributed by atoms with Gasteiger partial charge in [0.2, 0.25) is 0 Å². The quantitative estimate of drug-likeness (QED) is 0.437. The van der Waals surface area contributed by atoms with Crippen LogP contribution in [-0.2, 0) is 17.9 Å². The van der Waals surface area contributed by atoms with E-state index in [2.05, 4.69) is 40.6 Å². The third-order valence-electron chi connectivity index (χ3n) is 2.69. The van der Waals surface area contributed by atoms with Gasteiger partial charge in [0, 0.05) is 21.1 Å². The normalized spacial score (nSPS) is 11.8. The molecule has 0 unspecified atom stereocenters. The molecule has 0 aliphatic rings. The molecule has 1 aromatic rings. The van der Waals surface area contributed by atoms with E-state index < -0.39 is 8.07 Å². The number of ether oxygens (including phenoxy) is 1. The maximum absolute atomic E-state index is 11.0. The summed E-state index contributed by atoms with van der Waals surface area (Å²) in [5.74, 6) is 0.872. The molecular weight excluding hydrogens is 312 g/mol. The zero-order chi connectivity index (χ0) is 13.8. The van der Waals surface area contributed by atoms with E-state index in [0.717, 1.165) is 31.2 Å². The number of hydrogen-bond acceptors (Lipinski definition) is 3. The summed E-state index contributed by atoms with van der Waals surface area (Å²) in [6.45, 7) is 10.1. The molecule has 18 heavy (non-hydrogen) atoms. The van der Waals surface area contributed by atoms with Crippen LogP contribution < -0.4 is 0 Å². The van der Waals surface area contributed by atoms with Crippen LogP contribution >= 0.6 is 15.9 Å². The standard InChI is InChI=1S/C12H21BrN2O2Si/c1-5-11-14-12(13)10(8-16)15(11)9-17-6-7-18(2,3)4/h8H,5-7,9H2,1-4H3. The molecule has 102 valence electrons. The number of aldehydes is 1. The monoisotopic (exact) mass is 332 g/mol. The van der Waals surface area contributed by atoms with Gasteiger partial charge in [-0.2, -0.15) is 0 Å². The first kappa shape index (κ1) is 15.6. The highest BCUT2D eigenvalue weighted by molar-refractivity contribution is 9.10. The first-order chi connectivity index (χ1) is 8.39. The van der Waals surface area contributed by atoms with E-state index in [1.165, 1.54) is 0 Å². The second kappa shape index (κ2) is 6.63. The Kier molecular flexibility index (Phi) is 5.74. The first-order valence-corrected chi connectivity index (χ1v) is 10.7. The molecule has 1 aromatic heterocycles. The highest BCUT2D eigenvalue weighted by Crippen LogP contribution is 2.17. The van der Waals surface area contributed by atoms with Crippen LogP contribution in [0.4, 0.5) is 0 Å². The number of aromatic nitrogens is 2. The van der Waals surface area contributed by atoms with E-state index in [4.69, 9.17) is 4.74 Å². The topological polar surface area (TPSA) is 44.1 Å². The molecule has 0 radical (unpaired) electrons. The molecular formula is C12H21BrN2O2Si. The van der Waals surface area contributed by atoms with Crippen LogP contribution in [-0.4, -0.2) is 30.5 Å². The van der Waals surface area contributed by atoms with E-state index in [1.54, 1.807) is 0 Å². The van der Waals surface area contributed by atoms with Crippen LogP contribution in [0.15, 0.2) is 4.60 Å². The summed E-state index contributed by atoms with van der Waals surface area (Å²) in [4.78, 5) is 15.3. The summed E-state index contributed by atoms with van der Waals surface area (Å²) in [6.07, 6.45) is 1.60. The highest BCUT2D eigenvalue weighted by atomic mass is 79.9. The van der Waals surface area contributed by atoms with E-state index in [1.807, 2.05) is 11.5 Å². The van der Waals surface area contributed by atoms with Crippen molar-refractivity contribution in [1.82, 2.24) is 9.55 Å². The Labute approximate surface area is 118 Å². The summed E-state index contributed by atoms with van der Waals surface area (Å²) in [5, 5.41) is 0. The van der Waals surface area contributed by atoms with Crippen molar-refractivity contribution < 1.29 is 9.53 Å². The lowest BCUT2D eigenvalue weighted by Gasteiger charge is -2.16. The minimum atomic E-state index is -1.06. The van der Waals surface area contributed by atoms with Crippen molar-refractivity contribution in [3.63, 3.8) is 0 Å². The van der Waals surface area contributed by atoms with Crippen LogP contribution in [0.5, 0.6) is 0 Å². The lowest BCUT2D eigenvalue weighted by atomic mass is 10.4. The van der Waals surface area contributed by atoms with Gasteiger partial charge in [0.15, 0.2) is 6.29 Å². The van der Waals surface area contributed by atoms with Crippen molar-refractivity contribution in [3.05, 3.63) is 16.1 Å². The smallest absolute Gasteiger partial charge is 0.169 e. The van der Waals surface area contributed by atoms with Gasteiger partial charge in [0.25, 0.3) is 0 Å². The second-order valence-corrected chi connectivity index (χ2v) is 11.8. The third-order valence-corrected chi connectivity index (χ3v) is 4.97. The van der Waals surface area contributed by atoms with E-state index in [0.29, 0.717) is 17.0 Å². The van der Waals surface area contributed by atoms with Crippen molar-refractivity contribution in [3.8, 4) is 0 Å². The molecule has 0 aliphatic heterocycles. The van der Waals surface area contributed by atoms with Crippen molar-refractivity contribution in [1.29, 1.82) is 0 Å². The zero-order valence-corrected chi connectivity index (χ0v) is 14.1. The molecule has 0 bridgehead atoms. The van der Waals surface area contributed by atoms with Crippen LogP contribution in [0, 0.1) is 0 Å². The third kappa shape index (κ3) is 4.33. The summed E-state index contributed by atoms with van der Waals surface area (Å²) in [7, 11) is -1.06. The Hall–Kier alpha value is -0.463. The fourth-order valence-electron chi connectivity index (χ4n) is 1.54. The maximum atomic E-state index is 11.0. The van der Waals surface area contributed by atoms with Crippen LogP contribution in [0.2, 0.25) is 25.7 Å². The van der Waals surface area contributed by atoms with Gasteiger partial charge < -0.3 is 9.30 Å². The molecule has 4 nitrogen and oxygen atoms in total. The summed E-state index contributed by atoms with van der Waals surface area (Å²) in [5.41, 5.74) is 0.555. The van der Waals surface area contributed by atoms with E-state index in [9.17, 15) is 4.79 Å². The molecule has 0 fully saturated rings. The number of imidazole rings is 1. The Morgan fingerprint density at radius 3 is 2.61 bits per heavy atom. The average Bonchev–Trinajstić information content (AvgIpc) is 2.59. The SMILES string of the molecule is CCc1nc(Br)c(C=O)n1COCC[Si](C)(C)C. The second-order valence-electron chi connectivity index (χ2n) is 5.45. The maximum Gasteiger partial charge on any atom is 0.169 e. The molecule has 0 saturated carbocycles. The van der Waals surface area contributed by atoms with Gasteiger partial charge >= 0.3 is 0 Å². The van der Waals surface area contributed by atoms with Gasteiger partial charge in [-0.25, -0.2) is 4.98 Å². The largest absolute Gasteiger partial charge is 0.361 e. The molecule has 0 saturated heterocycles. The van der Waals surface area contributed by atoms with E-state index in [-0.39, 0.29) is 0 Å². The number of halogens is 1. The minimum Gasteiger partial charge on any atom is -0.361 e. The average molecular weight is 333 g/mol. The number of nitrogens with zero attached hydrogens (tertiary/aromatic N) is 2. The van der Waals surface area contributed by atoms with Crippen LogP contribution in [0.25, 0.3) is 0 Å². The van der Waals surface area contributed by atoms with Crippen molar-refractivity contribution in [2.45, 2.75) is 45.8 Å². The Bertz CT molecular complexity index is 413. The van der Waals surface area contributed by atoms with Crippen molar-refractivity contribution in [2.24, 2.45) is 0 Å². The molecule has 1 rings (SSSR count). The van der Waals surface area contributed by atoms with Gasteiger partial charge in [0.05, 0.1) is 0 Å². The summed E-state index contributed by atoms with van der Waals surface area (Å²) in [6, 6.07) is 1.13. The fraction of sp³-hybridized carbons (Fsp3) is 0.667. The Balaban J connectivity index is 2.63. The minimum absolute atomic E-state index is 0.403. The predicted octanol–water partition coefficient (Wildman–Crippen LogP) is 3.33. The van der Waals surface area contributed by atoms with Gasteiger partial charge in [-0.3, -0.25) is 4.79 Å². The van der Waals surface area contributed by atoms with E-state index >= 15 is 0 Å². The van der Waals surface area contributed by atoms with Crippen molar-refractivity contribution >= 4 is 30.3 Å². The first-order valence-electron chi connectivity index (χ1n) is 6.17. The molecule has 1 heterocycles. The zero-order valence-electron chi connectivity index (χ0n) is 11.5. The Morgan fingerprint density at radius 1 is 1.44 bits per heavy atom. The highest BCUT2D eigenvalue weighted by Gasteiger charge is 2.15. The number of aryl methyl sites for hydroxylation is 1. The lowest BCUT2D eigenvalue weighted by Crippen LogP contribution is -2.22. The number of rotatable bonds is 7. The molecule has 6 heteroatoms. The predicted molar refractivity (Wildman–Crippen MR) is 78.8 cm³/mol.